The number of carbonyl (C=O) groups excluding carboxylic acids is 2. The third kappa shape index (κ3) is 1.47. The lowest BCUT2D eigenvalue weighted by molar-refractivity contribution is -0.118. The van der Waals surface area contributed by atoms with E-state index in [4.69, 9.17) is 0 Å². The van der Waals surface area contributed by atoms with Crippen LogP contribution in [0.25, 0.3) is 0 Å². The molecule has 1 rings (SSSR count). The first kappa shape index (κ1) is 9.17. The normalized spacial score (nSPS) is 26.1. The van der Waals surface area contributed by atoms with Crippen LogP contribution in [0.4, 0.5) is 0 Å². The average Bonchev–Trinajstić information content (AvgIpc) is 2.14. The van der Waals surface area contributed by atoms with E-state index in [9.17, 15) is 9.59 Å². The molecule has 0 saturated heterocycles. The zero-order valence-corrected chi connectivity index (χ0v) is 7.81. The van der Waals surface area contributed by atoms with Crippen LogP contribution < -0.4 is 0 Å². The zero-order valence-electron chi connectivity index (χ0n) is 7.81. The van der Waals surface area contributed by atoms with Crippen LogP contribution in [0.1, 0.15) is 33.6 Å². The summed E-state index contributed by atoms with van der Waals surface area (Å²) in [6.45, 7) is 5.38. The fourth-order valence-electron chi connectivity index (χ4n) is 1.43. The number of rotatable bonds is 0. The second kappa shape index (κ2) is 3.21. The molecule has 0 heterocycles. The molecule has 0 saturated carbocycles. The minimum atomic E-state index is 0.0198. The van der Waals surface area contributed by atoms with Crippen molar-refractivity contribution < 1.29 is 9.59 Å². The molecule has 1 unspecified atom stereocenters. The predicted molar refractivity (Wildman–Crippen MR) is 46.8 cm³/mol. The fraction of sp³-hybridized carbons (Fsp3) is 0.600. The van der Waals surface area contributed by atoms with E-state index >= 15 is 0 Å². The minimum Gasteiger partial charge on any atom is -0.295 e. The van der Waals surface area contributed by atoms with Gasteiger partial charge in [0.05, 0.1) is 0 Å². The molecule has 12 heavy (non-hydrogen) atoms. The van der Waals surface area contributed by atoms with Crippen molar-refractivity contribution in [3.63, 3.8) is 0 Å². The first-order chi connectivity index (χ1) is 5.54. The maximum absolute atomic E-state index is 11.5. The Kier molecular flexibility index (Phi) is 2.46. The molecule has 0 aromatic rings. The highest BCUT2D eigenvalue weighted by Gasteiger charge is 2.23. The van der Waals surface area contributed by atoms with Crippen LogP contribution in [0.15, 0.2) is 11.1 Å². The highest BCUT2D eigenvalue weighted by molar-refractivity contribution is 6.08. The first-order valence-corrected chi connectivity index (χ1v) is 4.29. The molecule has 2 nitrogen and oxygen atoms in total. The van der Waals surface area contributed by atoms with Gasteiger partial charge in [0.15, 0.2) is 11.6 Å². The molecular formula is C10H14O2. The second-order valence-corrected chi connectivity index (χ2v) is 3.48. The van der Waals surface area contributed by atoms with Crippen molar-refractivity contribution in [2.45, 2.75) is 33.6 Å². The van der Waals surface area contributed by atoms with Gasteiger partial charge in [0.25, 0.3) is 0 Å². The number of ketones is 2. The lowest BCUT2D eigenvalue weighted by Crippen LogP contribution is -2.10. The number of allylic oxidation sites excluding steroid dienone is 2. The summed E-state index contributed by atoms with van der Waals surface area (Å²) < 4.78 is 0. The molecule has 0 aromatic heterocycles. The van der Waals surface area contributed by atoms with Crippen LogP contribution in [0, 0.1) is 5.92 Å². The largest absolute Gasteiger partial charge is 0.295 e. The maximum Gasteiger partial charge on any atom is 0.161 e. The van der Waals surface area contributed by atoms with Crippen molar-refractivity contribution in [1.82, 2.24) is 0 Å². The van der Waals surface area contributed by atoms with Crippen LogP contribution in [0.2, 0.25) is 0 Å². The lowest BCUT2D eigenvalue weighted by Gasteiger charge is -2.04. The summed E-state index contributed by atoms with van der Waals surface area (Å²) in [6, 6.07) is 0. The highest BCUT2D eigenvalue weighted by atomic mass is 16.1. The van der Waals surface area contributed by atoms with Gasteiger partial charge >= 0.3 is 0 Å². The molecule has 0 N–H and O–H groups in total. The van der Waals surface area contributed by atoms with E-state index in [2.05, 4.69) is 0 Å². The number of hydrogen-bond donors (Lipinski definition) is 0. The Labute approximate surface area is 72.7 Å². The molecular weight excluding hydrogens is 152 g/mol. The summed E-state index contributed by atoms with van der Waals surface area (Å²) >= 11 is 0. The van der Waals surface area contributed by atoms with Gasteiger partial charge in [0.1, 0.15) is 0 Å². The van der Waals surface area contributed by atoms with Crippen molar-refractivity contribution in [2.75, 3.05) is 0 Å². The van der Waals surface area contributed by atoms with Crippen LogP contribution in [-0.2, 0) is 9.59 Å². The van der Waals surface area contributed by atoms with Gasteiger partial charge in [-0.3, -0.25) is 9.59 Å². The van der Waals surface area contributed by atoms with E-state index in [-0.39, 0.29) is 17.5 Å². The molecule has 0 aliphatic heterocycles. The Hall–Kier alpha value is -0.920. The molecule has 0 fully saturated rings. The zero-order chi connectivity index (χ0) is 9.30. The van der Waals surface area contributed by atoms with E-state index < -0.39 is 0 Å². The van der Waals surface area contributed by atoms with Crippen LogP contribution >= 0.6 is 0 Å². The number of carbonyl (C=O) groups is 2. The third-order valence-electron chi connectivity index (χ3n) is 2.60. The average molecular weight is 166 g/mol. The third-order valence-corrected chi connectivity index (χ3v) is 2.60. The Morgan fingerprint density at radius 1 is 1.17 bits per heavy atom. The molecule has 0 radical (unpaired) electrons. The van der Waals surface area contributed by atoms with E-state index in [1.807, 2.05) is 6.92 Å². The smallest absolute Gasteiger partial charge is 0.161 e. The Morgan fingerprint density at radius 3 is 2.33 bits per heavy atom. The van der Waals surface area contributed by atoms with E-state index in [1.54, 1.807) is 13.8 Å². The van der Waals surface area contributed by atoms with Crippen molar-refractivity contribution in [1.29, 1.82) is 0 Å². The fourth-order valence-corrected chi connectivity index (χ4v) is 1.43. The second-order valence-electron chi connectivity index (χ2n) is 3.48. The topological polar surface area (TPSA) is 34.1 Å². The summed E-state index contributed by atoms with van der Waals surface area (Å²) in [7, 11) is 0. The lowest BCUT2D eigenvalue weighted by atomic mass is 9.98. The molecule has 1 aliphatic carbocycles. The van der Waals surface area contributed by atoms with Gasteiger partial charge in [0.2, 0.25) is 0 Å². The summed E-state index contributed by atoms with van der Waals surface area (Å²) in [5, 5.41) is 0. The molecule has 2 heteroatoms. The van der Waals surface area contributed by atoms with E-state index in [0.29, 0.717) is 24.0 Å². The van der Waals surface area contributed by atoms with Crippen molar-refractivity contribution in [3.8, 4) is 0 Å². The molecule has 0 bridgehead atoms. The standard InChI is InChI=1S/C10H14O2/c1-6-4-5-9(11)7(2)8(3)10(6)12/h6H,4-5H2,1-3H3. The van der Waals surface area contributed by atoms with Gasteiger partial charge in [-0.25, -0.2) is 0 Å². The summed E-state index contributed by atoms with van der Waals surface area (Å²) in [4.78, 5) is 22.8. The monoisotopic (exact) mass is 166 g/mol. The van der Waals surface area contributed by atoms with Crippen LogP contribution in [-0.4, -0.2) is 11.6 Å². The van der Waals surface area contributed by atoms with Gasteiger partial charge in [-0.05, 0) is 31.4 Å². The van der Waals surface area contributed by atoms with Crippen molar-refractivity contribution >= 4 is 11.6 Å². The van der Waals surface area contributed by atoms with E-state index in [0.717, 1.165) is 0 Å². The maximum atomic E-state index is 11.5. The number of Topliss-reactive ketones (excluding diaryl/α,β-unsaturated/α-hetero) is 2. The Morgan fingerprint density at radius 2 is 1.75 bits per heavy atom. The summed E-state index contributed by atoms with van der Waals surface area (Å²) in [5.41, 5.74) is 1.31. The predicted octanol–water partition coefficient (Wildman–Crippen LogP) is 1.89. The van der Waals surface area contributed by atoms with Crippen LogP contribution in [0.3, 0.4) is 0 Å². The van der Waals surface area contributed by atoms with Gasteiger partial charge in [0, 0.05) is 12.3 Å². The van der Waals surface area contributed by atoms with Crippen molar-refractivity contribution in [3.05, 3.63) is 11.1 Å². The van der Waals surface area contributed by atoms with E-state index in [1.165, 1.54) is 0 Å². The van der Waals surface area contributed by atoms with Gasteiger partial charge in [-0.2, -0.15) is 0 Å². The Bertz CT molecular complexity index is 261. The SMILES string of the molecule is CC1=C(C)C(=O)C(C)CCC1=O. The first-order valence-electron chi connectivity index (χ1n) is 4.29. The minimum absolute atomic E-state index is 0.0198. The Balaban J connectivity index is 3.05. The molecule has 0 aromatic carbocycles. The molecule has 0 spiro atoms. The highest BCUT2D eigenvalue weighted by Crippen LogP contribution is 2.21. The molecule has 0 amide bonds. The van der Waals surface area contributed by atoms with Gasteiger partial charge < -0.3 is 0 Å². The van der Waals surface area contributed by atoms with Crippen molar-refractivity contribution in [2.24, 2.45) is 5.92 Å². The quantitative estimate of drug-likeness (QED) is 0.550. The van der Waals surface area contributed by atoms with Gasteiger partial charge in [-0.1, -0.05) is 6.92 Å². The van der Waals surface area contributed by atoms with Crippen LogP contribution in [0.5, 0.6) is 0 Å². The molecule has 1 aliphatic rings. The summed E-state index contributed by atoms with van der Waals surface area (Å²) in [5.74, 6) is 0.287. The molecule has 1 atom stereocenters. The molecule has 66 valence electrons. The summed E-state index contributed by atoms with van der Waals surface area (Å²) in [6.07, 6.45) is 1.22. The van der Waals surface area contributed by atoms with Gasteiger partial charge in [-0.15, -0.1) is 0 Å². The number of hydrogen-bond acceptors (Lipinski definition) is 2.